The van der Waals surface area contributed by atoms with Crippen molar-refractivity contribution in [2.24, 2.45) is 0 Å². The Hall–Kier alpha value is -1.47. The van der Waals surface area contributed by atoms with Crippen LogP contribution in [-0.2, 0) is 10.0 Å². The summed E-state index contributed by atoms with van der Waals surface area (Å²) in [4.78, 5) is 10.0. The lowest BCUT2D eigenvalue weighted by Gasteiger charge is -2.22. The number of hydrogen-bond donors (Lipinski definition) is 1. The summed E-state index contributed by atoms with van der Waals surface area (Å²) in [7, 11) is -3.19. The van der Waals surface area contributed by atoms with E-state index >= 15 is 0 Å². The molecule has 1 heterocycles. The molecule has 0 saturated carbocycles. The fourth-order valence-corrected chi connectivity index (χ4v) is 3.36. The van der Waals surface area contributed by atoms with E-state index in [-0.39, 0.29) is 17.4 Å². The molecule has 6 nitrogen and oxygen atoms in total. The van der Waals surface area contributed by atoms with Crippen molar-refractivity contribution < 1.29 is 13.3 Å². The average Bonchev–Trinajstić information content (AvgIpc) is 2.28. The van der Waals surface area contributed by atoms with Gasteiger partial charge in [0.25, 0.3) is 5.69 Å². The summed E-state index contributed by atoms with van der Waals surface area (Å²) >= 11 is 0. The smallest absolute Gasteiger partial charge is 0.258 e. The fourth-order valence-electron chi connectivity index (χ4n) is 1.93. The minimum Gasteiger partial charge on any atom is -0.258 e. The third kappa shape index (κ3) is 2.80. The van der Waals surface area contributed by atoms with Gasteiger partial charge in [-0.05, 0) is 12.0 Å². The molecule has 7 heteroatoms. The van der Waals surface area contributed by atoms with Crippen molar-refractivity contribution in [2.75, 3.05) is 12.3 Å². The first-order valence-corrected chi connectivity index (χ1v) is 6.85. The Morgan fingerprint density at radius 3 is 2.47 bits per heavy atom. The number of hydrogen-bond acceptors (Lipinski definition) is 4. The van der Waals surface area contributed by atoms with Crippen LogP contribution in [0, 0.1) is 10.1 Å². The number of non-ortho nitro benzene ring substituents is 1. The lowest BCUT2D eigenvalue weighted by Crippen LogP contribution is -2.36. The second-order valence-corrected chi connectivity index (χ2v) is 5.86. The Kier molecular flexibility index (Phi) is 3.12. The van der Waals surface area contributed by atoms with Crippen LogP contribution in [0.25, 0.3) is 0 Å². The van der Waals surface area contributed by atoms with Crippen LogP contribution in [0.1, 0.15) is 17.9 Å². The summed E-state index contributed by atoms with van der Waals surface area (Å²) in [5.74, 6) is -0.0350. The highest BCUT2D eigenvalue weighted by Crippen LogP contribution is 2.25. The summed E-state index contributed by atoms with van der Waals surface area (Å²) < 4.78 is 25.2. The molecule has 0 amide bonds. The molecule has 1 aromatic rings. The molecule has 0 aliphatic carbocycles. The van der Waals surface area contributed by atoms with Gasteiger partial charge in [-0.1, -0.05) is 12.1 Å². The summed E-state index contributed by atoms with van der Waals surface area (Å²) in [6.45, 7) is 0.421. The zero-order valence-corrected chi connectivity index (χ0v) is 9.81. The molecule has 1 aliphatic rings. The monoisotopic (exact) mass is 256 g/mol. The first-order valence-electron chi connectivity index (χ1n) is 5.19. The molecule has 1 saturated heterocycles. The zero-order chi connectivity index (χ0) is 12.5. The molecule has 2 rings (SSSR count). The minimum absolute atomic E-state index is 0.0190. The van der Waals surface area contributed by atoms with Gasteiger partial charge in [0.2, 0.25) is 10.0 Å². The normalized spacial score (nSPS) is 23.2. The van der Waals surface area contributed by atoms with E-state index in [0.717, 1.165) is 12.0 Å². The molecule has 1 N–H and O–H groups in total. The van der Waals surface area contributed by atoms with E-state index in [1.165, 1.54) is 12.1 Å². The van der Waals surface area contributed by atoms with E-state index in [1.807, 2.05) is 0 Å². The van der Waals surface area contributed by atoms with Crippen LogP contribution < -0.4 is 4.72 Å². The number of nitrogens with one attached hydrogen (secondary N) is 1. The van der Waals surface area contributed by atoms with Crippen LogP contribution in [0.2, 0.25) is 0 Å². The van der Waals surface area contributed by atoms with Crippen LogP contribution >= 0.6 is 0 Å². The second kappa shape index (κ2) is 4.42. The number of benzene rings is 1. The van der Waals surface area contributed by atoms with Crippen molar-refractivity contribution in [3.63, 3.8) is 0 Å². The van der Waals surface area contributed by atoms with E-state index in [9.17, 15) is 18.5 Å². The number of sulfonamides is 1. The Bertz CT molecular complexity index is 524. The largest absolute Gasteiger partial charge is 0.269 e. The highest BCUT2D eigenvalue weighted by molar-refractivity contribution is 7.89. The lowest BCUT2D eigenvalue weighted by atomic mass is 9.97. The molecule has 1 aliphatic heterocycles. The predicted molar refractivity (Wildman–Crippen MR) is 62.2 cm³/mol. The van der Waals surface area contributed by atoms with Crippen molar-refractivity contribution in [3.05, 3.63) is 39.9 Å². The summed E-state index contributed by atoms with van der Waals surface area (Å²) in [6, 6.07) is 6.07. The van der Waals surface area contributed by atoms with Crippen LogP contribution in [-0.4, -0.2) is 25.6 Å². The van der Waals surface area contributed by atoms with Gasteiger partial charge in [-0.3, -0.25) is 10.1 Å². The highest BCUT2D eigenvalue weighted by Gasteiger charge is 2.25. The van der Waals surface area contributed by atoms with Gasteiger partial charge in [0.05, 0.1) is 10.7 Å². The molecule has 0 bridgehead atoms. The Labute approximate surface area is 98.8 Å². The Morgan fingerprint density at radius 2 is 1.94 bits per heavy atom. The van der Waals surface area contributed by atoms with Gasteiger partial charge in [0.15, 0.2) is 0 Å². The lowest BCUT2D eigenvalue weighted by molar-refractivity contribution is -0.384. The highest BCUT2D eigenvalue weighted by atomic mass is 32.2. The standard InChI is InChI=1S/C10H12N2O4S/c13-12(14)10-3-1-8(2-4-10)9-5-6-11-17(15,16)7-9/h1-4,9,11H,5-7H2. The first-order chi connectivity index (χ1) is 7.98. The van der Waals surface area contributed by atoms with Crippen LogP contribution in [0.15, 0.2) is 24.3 Å². The van der Waals surface area contributed by atoms with Gasteiger partial charge < -0.3 is 0 Å². The number of rotatable bonds is 2. The Balaban J connectivity index is 2.20. The summed E-state index contributed by atoms with van der Waals surface area (Å²) in [5, 5.41) is 10.5. The number of nitro benzene ring substituents is 1. The van der Waals surface area contributed by atoms with Gasteiger partial charge in [0.1, 0.15) is 0 Å². The number of nitrogens with zero attached hydrogens (tertiary/aromatic N) is 1. The quantitative estimate of drug-likeness (QED) is 0.631. The van der Waals surface area contributed by atoms with Crippen molar-refractivity contribution in [3.8, 4) is 0 Å². The van der Waals surface area contributed by atoms with Gasteiger partial charge in [-0.15, -0.1) is 0 Å². The molecule has 0 radical (unpaired) electrons. The fraction of sp³-hybridized carbons (Fsp3) is 0.400. The first kappa shape index (κ1) is 12.0. The average molecular weight is 256 g/mol. The topological polar surface area (TPSA) is 89.3 Å². The van der Waals surface area contributed by atoms with Gasteiger partial charge >= 0.3 is 0 Å². The van der Waals surface area contributed by atoms with Crippen molar-refractivity contribution in [1.29, 1.82) is 0 Å². The molecule has 17 heavy (non-hydrogen) atoms. The molecule has 1 unspecified atom stereocenters. The van der Waals surface area contributed by atoms with Crippen molar-refractivity contribution >= 4 is 15.7 Å². The molecule has 1 aromatic carbocycles. The SMILES string of the molecule is O=[N+]([O-])c1ccc(C2CCNS(=O)(=O)C2)cc1. The Morgan fingerprint density at radius 1 is 1.29 bits per heavy atom. The number of nitro groups is 1. The second-order valence-electron chi connectivity index (χ2n) is 4.01. The maximum Gasteiger partial charge on any atom is 0.269 e. The maximum atomic E-state index is 11.4. The molecule has 1 atom stereocenters. The third-order valence-corrected chi connectivity index (χ3v) is 4.30. The van der Waals surface area contributed by atoms with E-state index < -0.39 is 14.9 Å². The molecular weight excluding hydrogens is 244 g/mol. The van der Waals surface area contributed by atoms with Crippen molar-refractivity contribution in [2.45, 2.75) is 12.3 Å². The predicted octanol–water partition coefficient (Wildman–Crippen LogP) is 1.00. The molecule has 0 aromatic heterocycles. The van der Waals surface area contributed by atoms with Crippen molar-refractivity contribution in [1.82, 2.24) is 4.72 Å². The maximum absolute atomic E-state index is 11.4. The van der Waals surface area contributed by atoms with E-state index in [1.54, 1.807) is 12.1 Å². The summed E-state index contributed by atoms with van der Waals surface area (Å²) in [5.41, 5.74) is 0.853. The van der Waals surface area contributed by atoms with Gasteiger partial charge in [0, 0.05) is 24.6 Å². The van der Waals surface area contributed by atoms with E-state index in [2.05, 4.69) is 4.72 Å². The van der Waals surface area contributed by atoms with Gasteiger partial charge in [-0.2, -0.15) is 0 Å². The van der Waals surface area contributed by atoms with Gasteiger partial charge in [-0.25, -0.2) is 13.1 Å². The zero-order valence-electron chi connectivity index (χ0n) is 9.00. The third-order valence-electron chi connectivity index (χ3n) is 2.81. The molecular formula is C10H12N2O4S. The minimum atomic E-state index is -3.19. The van der Waals surface area contributed by atoms with Crippen LogP contribution in [0.5, 0.6) is 0 Å². The molecule has 1 fully saturated rings. The molecule has 92 valence electrons. The van der Waals surface area contributed by atoms with Crippen LogP contribution in [0.3, 0.4) is 0 Å². The van der Waals surface area contributed by atoms with E-state index in [4.69, 9.17) is 0 Å². The summed E-state index contributed by atoms with van der Waals surface area (Å²) in [6.07, 6.45) is 0.719. The molecule has 0 spiro atoms. The van der Waals surface area contributed by atoms with E-state index in [0.29, 0.717) is 6.54 Å². The van der Waals surface area contributed by atoms with Crippen LogP contribution in [0.4, 0.5) is 5.69 Å².